The summed E-state index contributed by atoms with van der Waals surface area (Å²) in [6.45, 7) is 6.65. The van der Waals surface area contributed by atoms with Crippen LogP contribution in [0.4, 0.5) is 5.69 Å². The molecular formula is C16H22N2O4S2. The molecule has 0 fully saturated rings. The minimum absolute atomic E-state index is 0.0424. The Hall–Kier alpha value is -1.54. The standard InChI is InChI=1S/C16H22N2O4S2/c1-4-18(5-2)15(19)8-9-24(21,22)12-6-7-14-13(10-12)17-16(20)11(3)23-14/h6-7,10-11H,4-5,8-9H2,1-3H3,(H,17,20)/t11-/m1/s1. The number of benzene rings is 1. The Labute approximate surface area is 146 Å². The number of sulfone groups is 1. The van der Waals surface area contributed by atoms with E-state index in [1.165, 1.54) is 23.9 Å². The summed E-state index contributed by atoms with van der Waals surface area (Å²) in [6.07, 6.45) is -0.0424. The number of hydrogen-bond acceptors (Lipinski definition) is 5. The lowest BCUT2D eigenvalue weighted by Crippen LogP contribution is -2.31. The zero-order valence-electron chi connectivity index (χ0n) is 14.0. The monoisotopic (exact) mass is 370 g/mol. The minimum atomic E-state index is -3.58. The second-order valence-electron chi connectivity index (χ2n) is 5.54. The van der Waals surface area contributed by atoms with Crippen LogP contribution >= 0.6 is 11.8 Å². The Bertz CT molecular complexity index is 742. The molecule has 2 rings (SSSR count). The van der Waals surface area contributed by atoms with E-state index in [2.05, 4.69) is 5.32 Å². The van der Waals surface area contributed by atoms with E-state index < -0.39 is 9.84 Å². The topological polar surface area (TPSA) is 83.6 Å². The molecule has 1 aromatic carbocycles. The highest BCUT2D eigenvalue weighted by Crippen LogP contribution is 2.36. The number of rotatable bonds is 6. The SMILES string of the molecule is CCN(CC)C(=O)CCS(=O)(=O)c1ccc2c(c1)NC(=O)[C@@H](C)S2. The molecule has 1 atom stereocenters. The van der Waals surface area contributed by atoms with Crippen molar-refractivity contribution < 1.29 is 18.0 Å². The van der Waals surface area contributed by atoms with Crippen molar-refractivity contribution in [3.63, 3.8) is 0 Å². The van der Waals surface area contributed by atoms with Crippen LogP contribution in [0.5, 0.6) is 0 Å². The number of thioether (sulfide) groups is 1. The zero-order valence-corrected chi connectivity index (χ0v) is 15.7. The molecule has 24 heavy (non-hydrogen) atoms. The third kappa shape index (κ3) is 4.10. The first kappa shape index (κ1) is 18.8. The third-order valence-electron chi connectivity index (χ3n) is 3.94. The first-order valence-electron chi connectivity index (χ1n) is 7.90. The number of anilines is 1. The molecule has 0 aliphatic carbocycles. The van der Waals surface area contributed by atoms with Crippen molar-refractivity contribution >= 4 is 39.1 Å². The predicted molar refractivity (Wildman–Crippen MR) is 95.0 cm³/mol. The van der Waals surface area contributed by atoms with Gasteiger partial charge in [-0.25, -0.2) is 8.42 Å². The Kier molecular flexibility index (Phi) is 5.92. The molecule has 0 spiro atoms. The average Bonchev–Trinajstić information content (AvgIpc) is 2.55. The maximum Gasteiger partial charge on any atom is 0.237 e. The molecule has 8 heteroatoms. The lowest BCUT2D eigenvalue weighted by atomic mass is 10.3. The Balaban J connectivity index is 2.14. The van der Waals surface area contributed by atoms with Crippen molar-refractivity contribution in [3.8, 4) is 0 Å². The van der Waals surface area contributed by atoms with Crippen molar-refractivity contribution in [1.82, 2.24) is 4.90 Å². The summed E-state index contributed by atoms with van der Waals surface area (Å²) in [5.41, 5.74) is 0.513. The van der Waals surface area contributed by atoms with Crippen molar-refractivity contribution in [2.24, 2.45) is 0 Å². The van der Waals surface area contributed by atoms with E-state index in [9.17, 15) is 18.0 Å². The number of nitrogens with zero attached hydrogens (tertiary/aromatic N) is 1. The smallest absolute Gasteiger partial charge is 0.237 e. The van der Waals surface area contributed by atoms with E-state index in [0.29, 0.717) is 18.8 Å². The molecule has 0 radical (unpaired) electrons. The predicted octanol–water partition coefficient (Wildman–Crippen LogP) is 2.15. The van der Waals surface area contributed by atoms with Gasteiger partial charge in [-0.05, 0) is 39.0 Å². The second-order valence-corrected chi connectivity index (χ2v) is 9.03. The molecule has 1 heterocycles. The highest BCUT2D eigenvalue weighted by Gasteiger charge is 2.25. The first-order valence-corrected chi connectivity index (χ1v) is 10.4. The fourth-order valence-electron chi connectivity index (χ4n) is 2.46. The van der Waals surface area contributed by atoms with Crippen LogP contribution in [0.25, 0.3) is 0 Å². The van der Waals surface area contributed by atoms with E-state index in [1.54, 1.807) is 17.9 Å². The van der Waals surface area contributed by atoms with Crippen LogP contribution in [0.15, 0.2) is 28.0 Å². The number of hydrogen-bond donors (Lipinski definition) is 1. The lowest BCUT2D eigenvalue weighted by molar-refractivity contribution is -0.130. The lowest BCUT2D eigenvalue weighted by Gasteiger charge is -2.22. The van der Waals surface area contributed by atoms with Crippen LogP contribution in [-0.2, 0) is 19.4 Å². The third-order valence-corrected chi connectivity index (χ3v) is 6.83. The van der Waals surface area contributed by atoms with Gasteiger partial charge in [0.2, 0.25) is 11.8 Å². The summed E-state index contributed by atoms with van der Waals surface area (Å²) in [5.74, 6) is -0.545. The zero-order chi connectivity index (χ0) is 17.9. The van der Waals surface area contributed by atoms with Gasteiger partial charge < -0.3 is 10.2 Å². The number of amides is 2. The second kappa shape index (κ2) is 7.57. The van der Waals surface area contributed by atoms with E-state index in [0.717, 1.165) is 4.90 Å². The van der Waals surface area contributed by atoms with Gasteiger partial charge in [0.25, 0.3) is 0 Å². The van der Waals surface area contributed by atoms with E-state index in [-0.39, 0.29) is 34.1 Å². The first-order chi connectivity index (χ1) is 11.3. The molecule has 0 aromatic heterocycles. The number of nitrogens with one attached hydrogen (secondary N) is 1. The van der Waals surface area contributed by atoms with Crippen molar-refractivity contribution in [3.05, 3.63) is 18.2 Å². The van der Waals surface area contributed by atoms with Gasteiger partial charge in [0.1, 0.15) is 0 Å². The molecule has 1 aliphatic heterocycles. The van der Waals surface area contributed by atoms with Gasteiger partial charge in [0, 0.05) is 24.4 Å². The maximum absolute atomic E-state index is 12.5. The number of fused-ring (bicyclic) bond motifs is 1. The largest absolute Gasteiger partial charge is 0.343 e. The van der Waals surface area contributed by atoms with Gasteiger partial charge in [-0.2, -0.15) is 0 Å². The number of carbonyl (C=O) groups is 2. The molecule has 132 valence electrons. The summed E-state index contributed by atoms with van der Waals surface area (Å²) in [7, 11) is -3.58. The van der Waals surface area contributed by atoms with Crippen LogP contribution in [-0.4, -0.2) is 49.2 Å². The van der Waals surface area contributed by atoms with Crippen molar-refractivity contribution in [2.75, 3.05) is 24.2 Å². The van der Waals surface area contributed by atoms with Gasteiger partial charge in [-0.3, -0.25) is 9.59 Å². The quantitative estimate of drug-likeness (QED) is 0.829. The average molecular weight is 370 g/mol. The van der Waals surface area contributed by atoms with Crippen LogP contribution < -0.4 is 5.32 Å². The summed E-state index contributed by atoms with van der Waals surface area (Å²) < 4.78 is 25.0. The summed E-state index contributed by atoms with van der Waals surface area (Å²) in [6, 6.07) is 4.71. The highest BCUT2D eigenvalue weighted by atomic mass is 32.2. The molecule has 1 N–H and O–H groups in total. The summed E-state index contributed by atoms with van der Waals surface area (Å²) in [5, 5.41) is 2.52. The van der Waals surface area contributed by atoms with Crippen LogP contribution in [0.1, 0.15) is 27.2 Å². The van der Waals surface area contributed by atoms with Gasteiger partial charge in [0.05, 0.1) is 21.6 Å². The van der Waals surface area contributed by atoms with E-state index >= 15 is 0 Å². The van der Waals surface area contributed by atoms with Crippen molar-refractivity contribution in [1.29, 1.82) is 0 Å². The maximum atomic E-state index is 12.5. The van der Waals surface area contributed by atoms with Gasteiger partial charge in [0.15, 0.2) is 9.84 Å². The molecule has 0 unspecified atom stereocenters. The van der Waals surface area contributed by atoms with E-state index in [4.69, 9.17) is 0 Å². The van der Waals surface area contributed by atoms with Gasteiger partial charge in [-0.15, -0.1) is 11.8 Å². The number of carbonyl (C=O) groups excluding carboxylic acids is 2. The van der Waals surface area contributed by atoms with Crippen LogP contribution in [0.3, 0.4) is 0 Å². The van der Waals surface area contributed by atoms with Gasteiger partial charge >= 0.3 is 0 Å². The molecule has 1 aliphatic rings. The molecule has 6 nitrogen and oxygen atoms in total. The molecule has 1 aromatic rings. The van der Waals surface area contributed by atoms with E-state index in [1.807, 2.05) is 13.8 Å². The summed E-state index contributed by atoms with van der Waals surface area (Å²) in [4.78, 5) is 26.3. The minimum Gasteiger partial charge on any atom is -0.343 e. The molecule has 0 saturated heterocycles. The molecular weight excluding hydrogens is 348 g/mol. The Morgan fingerprint density at radius 3 is 2.58 bits per heavy atom. The van der Waals surface area contributed by atoms with Gasteiger partial charge in [-0.1, -0.05) is 0 Å². The fraction of sp³-hybridized carbons (Fsp3) is 0.500. The summed E-state index contributed by atoms with van der Waals surface area (Å²) >= 11 is 1.40. The van der Waals surface area contributed by atoms with Crippen molar-refractivity contribution in [2.45, 2.75) is 42.2 Å². The molecule has 0 saturated carbocycles. The fourth-order valence-corrected chi connectivity index (χ4v) is 4.64. The molecule has 2 amide bonds. The Morgan fingerprint density at radius 2 is 1.96 bits per heavy atom. The molecule has 0 bridgehead atoms. The highest BCUT2D eigenvalue weighted by molar-refractivity contribution is 8.01. The van der Waals surface area contributed by atoms with Crippen LogP contribution in [0.2, 0.25) is 0 Å². The Morgan fingerprint density at radius 1 is 1.29 bits per heavy atom. The normalized spacial score (nSPS) is 17.1. The van der Waals surface area contributed by atoms with Crippen LogP contribution in [0, 0.1) is 0 Å².